The van der Waals surface area contributed by atoms with Crippen LogP contribution in [0.1, 0.15) is 37.7 Å². The summed E-state index contributed by atoms with van der Waals surface area (Å²) in [7, 11) is 2.46. The van der Waals surface area contributed by atoms with Crippen molar-refractivity contribution in [2.24, 2.45) is 0 Å². The molecule has 146 valence electrons. The number of pyridine rings is 1. The van der Waals surface area contributed by atoms with Crippen LogP contribution in [0, 0.1) is 0 Å². The van der Waals surface area contributed by atoms with Crippen molar-refractivity contribution in [1.82, 2.24) is 4.98 Å². The highest BCUT2D eigenvalue weighted by molar-refractivity contribution is 7.27. The molecule has 0 saturated heterocycles. The van der Waals surface area contributed by atoms with Crippen molar-refractivity contribution in [3.63, 3.8) is 0 Å². The van der Waals surface area contributed by atoms with E-state index in [2.05, 4.69) is 74.6 Å². The fourth-order valence-electron chi connectivity index (χ4n) is 5.29. The maximum Gasteiger partial charge on any atom is 0.115 e. The van der Waals surface area contributed by atoms with Gasteiger partial charge in [-0.3, -0.25) is 4.98 Å². The van der Waals surface area contributed by atoms with Crippen molar-refractivity contribution >= 4 is 50.1 Å². The first kappa shape index (κ1) is 18.2. The van der Waals surface area contributed by atoms with E-state index in [9.17, 15) is 0 Å². The van der Waals surface area contributed by atoms with Crippen LogP contribution >= 0.6 is 11.3 Å². The summed E-state index contributed by atoms with van der Waals surface area (Å²) in [4.78, 5) is 4.75. The Balaban J connectivity index is 1.57. The molecule has 3 aromatic carbocycles. The van der Waals surface area contributed by atoms with Crippen LogP contribution in [0.3, 0.4) is 0 Å². The highest BCUT2D eigenvalue weighted by Crippen LogP contribution is 2.43. The molecule has 3 heteroatoms. The van der Waals surface area contributed by atoms with Crippen LogP contribution in [0.5, 0.6) is 0 Å². The van der Waals surface area contributed by atoms with Gasteiger partial charge in [0, 0.05) is 27.2 Å². The molecular formula is C27H24BNS. The fourth-order valence-corrected chi connectivity index (χ4v) is 6.63. The topological polar surface area (TPSA) is 12.9 Å². The molecule has 1 aliphatic carbocycles. The molecule has 0 N–H and O–H groups in total. The van der Waals surface area contributed by atoms with Crippen molar-refractivity contribution < 1.29 is 0 Å². The highest BCUT2D eigenvalue weighted by Gasteiger charge is 2.28. The van der Waals surface area contributed by atoms with Gasteiger partial charge in [-0.05, 0) is 27.7 Å². The fraction of sp³-hybridized carbons (Fsp3) is 0.222. The summed E-state index contributed by atoms with van der Waals surface area (Å²) in [6.07, 6.45) is 8.70. The van der Waals surface area contributed by atoms with Gasteiger partial charge in [-0.1, -0.05) is 92.8 Å². The van der Waals surface area contributed by atoms with Crippen LogP contribution in [0.2, 0.25) is 0 Å². The van der Waals surface area contributed by atoms with Crippen molar-refractivity contribution in [1.29, 1.82) is 0 Å². The van der Waals surface area contributed by atoms with Gasteiger partial charge in [-0.15, -0.1) is 11.3 Å². The molecule has 0 amide bonds. The zero-order valence-electron chi connectivity index (χ0n) is 17.3. The van der Waals surface area contributed by atoms with Gasteiger partial charge in [0.1, 0.15) is 7.85 Å². The lowest BCUT2D eigenvalue weighted by Crippen LogP contribution is -2.29. The van der Waals surface area contributed by atoms with Gasteiger partial charge in [0.05, 0.1) is 10.4 Å². The SMILES string of the molecule is BC1(c2ccc3c(ccc4c5ccnc(-c6ccccc6)c5sc34)c2)CCCCC1. The van der Waals surface area contributed by atoms with E-state index in [0.29, 0.717) is 5.31 Å². The highest BCUT2D eigenvalue weighted by atomic mass is 32.1. The first-order valence-electron chi connectivity index (χ1n) is 11.0. The Morgan fingerprint density at radius 1 is 0.767 bits per heavy atom. The van der Waals surface area contributed by atoms with E-state index in [1.165, 1.54) is 74.2 Å². The minimum absolute atomic E-state index is 0.339. The number of aromatic nitrogens is 1. The summed E-state index contributed by atoms with van der Waals surface area (Å²) in [5, 5.41) is 5.74. The van der Waals surface area contributed by atoms with Gasteiger partial charge < -0.3 is 0 Å². The number of nitrogens with zero attached hydrogens (tertiary/aromatic N) is 1. The second kappa shape index (κ2) is 6.96. The maximum atomic E-state index is 4.75. The molecule has 1 saturated carbocycles. The summed E-state index contributed by atoms with van der Waals surface area (Å²) >= 11 is 1.89. The van der Waals surface area contributed by atoms with E-state index in [1.807, 2.05) is 17.5 Å². The summed E-state index contributed by atoms with van der Waals surface area (Å²) in [5.41, 5.74) is 3.79. The summed E-state index contributed by atoms with van der Waals surface area (Å²) < 4.78 is 2.67. The molecule has 1 aliphatic rings. The molecule has 5 aromatic rings. The standard InChI is InChI=1S/C27H24BNS/c28-27(14-5-2-6-15-27)20-10-12-21-19(17-20)9-11-22-23-13-16-29-24(26(23)30-25(21)22)18-7-3-1-4-8-18/h1,3-4,7-13,16-17H,2,5-6,14-15,28H2. The van der Waals surface area contributed by atoms with Gasteiger partial charge in [-0.2, -0.15) is 0 Å². The predicted octanol–water partition coefficient (Wildman–Crippen LogP) is 7.06. The molecule has 0 atom stereocenters. The van der Waals surface area contributed by atoms with Gasteiger partial charge >= 0.3 is 0 Å². The quantitative estimate of drug-likeness (QED) is 0.287. The van der Waals surface area contributed by atoms with E-state index in [4.69, 9.17) is 4.98 Å². The lowest BCUT2D eigenvalue weighted by Gasteiger charge is -2.34. The normalized spacial score (nSPS) is 16.4. The van der Waals surface area contributed by atoms with E-state index in [1.54, 1.807) is 0 Å². The third-order valence-electron chi connectivity index (χ3n) is 7.07. The van der Waals surface area contributed by atoms with E-state index in [0.717, 1.165) is 5.69 Å². The van der Waals surface area contributed by atoms with Crippen LogP contribution < -0.4 is 0 Å². The molecule has 30 heavy (non-hydrogen) atoms. The molecule has 0 aliphatic heterocycles. The van der Waals surface area contributed by atoms with E-state index >= 15 is 0 Å². The number of thiophene rings is 1. The minimum atomic E-state index is 0.339. The average molecular weight is 405 g/mol. The number of benzene rings is 3. The van der Waals surface area contributed by atoms with Crippen LogP contribution in [0.25, 0.3) is 42.2 Å². The van der Waals surface area contributed by atoms with Crippen LogP contribution in [-0.4, -0.2) is 12.8 Å². The molecule has 6 rings (SSSR count). The van der Waals surface area contributed by atoms with E-state index < -0.39 is 0 Å². The lowest BCUT2D eigenvalue weighted by atomic mass is 9.56. The Hall–Kier alpha value is -2.65. The van der Waals surface area contributed by atoms with Gasteiger partial charge in [0.15, 0.2) is 0 Å². The van der Waals surface area contributed by atoms with Gasteiger partial charge in [0.25, 0.3) is 0 Å². The number of fused-ring (bicyclic) bond motifs is 5. The molecule has 1 fully saturated rings. The van der Waals surface area contributed by atoms with Gasteiger partial charge in [0.2, 0.25) is 0 Å². The predicted molar refractivity (Wildman–Crippen MR) is 133 cm³/mol. The minimum Gasteiger partial charge on any atom is -0.255 e. The first-order chi connectivity index (χ1) is 14.7. The smallest absolute Gasteiger partial charge is 0.115 e. The monoisotopic (exact) mass is 405 g/mol. The molecule has 2 aromatic heterocycles. The Morgan fingerprint density at radius 3 is 2.37 bits per heavy atom. The second-order valence-corrected chi connectivity index (χ2v) is 10.0. The van der Waals surface area contributed by atoms with Gasteiger partial charge in [-0.25, -0.2) is 0 Å². The zero-order valence-corrected chi connectivity index (χ0v) is 18.1. The maximum absolute atomic E-state index is 4.75. The molecular weight excluding hydrogens is 381 g/mol. The number of rotatable bonds is 2. The van der Waals surface area contributed by atoms with Crippen LogP contribution in [0.4, 0.5) is 0 Å². The van der Waals surface area contributed by atoms with Crippen molar-refractivity contribution in [3.05, 3.63) is 78.5 Å². The summed E-state index contributed by atoms with van der Waals surface area (Å²) in [6, 6.07) is 24.6. The van der Waals surface area contributed by atoms with Crippen molar-refractivity contribution in [3.8, 4) is 11.3 Å². The molecule has 0 bridgehead atoms. The van der Waals surface area contributed by atoms with Crippen molar-refractivity contribution in [2.75, 3.05) is 0 Å². The number of hydrogen-bond donors (Lipinski definition) is 0. The Kier molecular flexibility index (Phi) is 4.21. The Labute approximate surface area is 182 Å². The lowest BCUT2D eigenvalue weighted by molar-refractivity contribution is 0.398. The summed E-state index contributed by atoms with van der Waals surface area (Å²) in [6.45, 7) is 0. The van der Waals surface area contributed by atoms with Crippen LogP contribution in [-0.2, 0) is 5.31 Å². The number of hydrogen-bond acceptors (Lipinski definition) is 2. The Morgan fingerprint density at radius 2 is 1.53 bits per heavy atom. The van der Waals surface area contributed by atoms with Crippen LogP contribution in [0.15, 0.2) is 72.9 Å². The van der Waals surface area contributed by atoms with E-state index in [-0.39, 0.29) is 0 Å². The average Bonchev–Trinajstić information content (AvgIpc) is 3.19. The van der Waals surface area contributed by atoms with Crippen molar-refractivity contribution in [2.45, 2.75) is 37.4 Å². The zero-order chi connectivity index (χ0) is 20.1. The molecule has 0 radical (unpaired) electrons. The third kappa shape index (κ3) is 2.79. The molecule has 2 heterocycles. The largest absolute Gasteiger partial charge is 0.255 e. The summed E-state index contributed by atoms with van der Waals surface area (Å²) in [5.74, 6) is 0. The molecule has 0 spiro atoms. The first-order valence-corrected chi connectivity index (χ1v) is 11.8. The second-order valence-electron chi connectivity index (χ2n) is 9.00. The Bertz CT molecular complexity index is 1380. The third-order valence-corrected chi connectivity index (χ3v) is 8.33. The molecule has 0 unspecified atom stereocenters. The molecule has 1 nitrogen and oxygen atoms in total.